The maximum Gasteiger partial charge on any atom is -0.0279 e. The summed E-state index contributed by atoms with van der Waals surface area (Å²) in [6.45, 7) is 4.31. The first-order valence-electron chi connectivity index (χ1n) is 19.8. The largest absolute Gasteiger partial charge is 0.164 e. The van der Waals surface area contributed by atoms with Gasteiger partial charge >= 0.3 is 37.9 Å². The normalized spacial score (nSPS) is 13.1. The van der Waals surface area contributed by atoms with Crippen LogP contribution < -0.4 is 0 Å². The van der Waals surface area contributed by atoms with Crippen molar-refractivity contribution in [2.75, 3.05) is 0 Å². The van der Waals surface area contributed by atoms with E-state index in [0.29, 0.717) is 0 Å². The minimum absolute atomic E-state index is 0.826. The standard InChI is InChI=1S/2C25H21.C2H6Si.2ClH.Zr/c2*1-3-7-20(8-4-1)22-13-14-23(21-9-5-2-6-10-21)25-17-19(16-24(22)25)15-18-11-12-18;1-3-2;;;/h2*1-10,13-14,16-18H,11-12,15H2;1-2H3;2*1H;/q2*-1;;;;+4/p-2. The summed E-state index contributed by atoms with van der Waals surface area (Å²) >= 11 is -0.826. The van der Waals surface area contributed by atoms with E-state index in [1.807, 2.05) is 0 Å². The van der Waals surface area contributed by atoms with E-state index in [4.69, 9.17) is 17.0 Å². The van der Waals surface area contributed by atoms with Crippen molar-refractivity contribution in [1.82, 2.24) is 0 Å². The predicted molar refractivity (Wildman–Crippen MR) is 243 cm³/mol. The molecule has 0 aromatic heterocycles. The first kappa shape index (κ1) is 40.4. The number of halogens is 2. The second kappa shape index (κ2) is 20.1. The van der Waals surface area contributed by atoms with Gasteiger partial charge in [0.15, 0.2) is 0 Å². The maximum absolute atomic E-state index is 4.93. The smallest absolute Gasteiger partial charge is 0.0279 e. The van der Waals surface area contributed by atoms with Crippen LogP contribution >= 0.6 is 17.0 Å². The van der Waals surface area contributed by atoms with Gasteiger partial charge in [-0.3, -0.25) is 0 Å². The van der Waals surface area contributed by atoms with Crippen LogP contribution in [0.3, 0.4) is 0 Å². The number of hydrogen-bond acceptors (Lipinski definition) is 0. The molecule has 0 spiro atoms. The van der Waals surface area contributed by atoms with E-state index in [9.17, 15) is 0 Å². The molecule has 0 N–H and O–H groups in total. The molecule has 0 bridgehead atoms. The molecule has 0 atom stereocenters. The molecule has 2 aliphatic rings. The van der Waals surface area contributed by atoms with E-state index in [-0.39, 0.29) is 0 Å². The van der Waals surface area contributed by atoms with Gasteiger partial charge in [-0.15, -0.1) is 44.8 Å². The van der Waals surface area contributed by atoms with Gasteiger partial charge in [0.25, 0.3) is 0 Å². The van der Waals surface area contributed by atoms with Crippen LogP contribution in [0.25, 0.3) is 66.1 Å². The van der Waals surface area contributed by atoms with Gasteiger partial charge in [-0.1, -0.05) is 192 Å². The van der Waals surface area contributed by atoms with Gasteiger partial charge < -0.3 is 0 Å². The van der Waals surface area contributed by atoms with E-state index < -0.39 is 20.8 Å². The van der Waals surface area contributed by atoms with E-state index in [2.05, 4.69) is 183 Å². The molecule has 2 aliphatic carbocycles. The Morgan fingerprint density at radius 3 is 1.02 bits per heavy atom. The Bertz CT molecular complexity index is 2080. The summed E-state index contributed by atoms with van der Waals surface area (Å²) in [7, 11) is 11.0. The Morgan fingerprint density at radius 2 is 0.732 bits per heavy atom. The number of fused-ring (bicyclic) bond motifs is 2. The molecule has 8 aromatic rings. The molecule has 2 saturated carbocycles. The van der Waals surface area contributed by atoms with E-state index in [0.717, 1.165) is 21.4 Å². The van der Waals surface area contributed by atoms with Gasteiger partial charge in [0, 0.05) is 9.52 Å². The van der Waals surface area contributed by atoms with Crippen molar-refractivity contribution in [1.29, 1.82) is 0 Å². The van der Waals surface area contributed by atoms with Crippen LogP contribution in [0, 0.1) is 11.8 Å². The van der Waals surface area contributed by atoms with Crippen LogP contribution in [0.15, 0.2) is 170 Å². The molecule has 0 unspecified atom stereocenters. The van der Waals surface area contributed by atoms with Crippen molar-refractivity contribution < 1.29 is 20.8 Å². The van der Waals surface area contributed by atoms with Gasteiger partial charge in [-0.25, -0.2) is 0 Å². The number of hydrogen-bond donors (Lipinski definition) is 0. The Kier molecular flexibility index (Phi) is 14.5. The summed E-state index contributed by atoms with van der Waals surface area (Å²) < 4.78 is 0. The summed E-state index contributed by atoms with van der Waals surface area (Å²) in [4.78, 5) is 0. The molecule has 0 saturated heterocycles. The average molecular weight is 863 g/mol. The molecule has 278 valence electrons. The monoisotopic (exact) mass is 860 g/mol. The molecule has 0 heterocycles. The summed E-state index contributed by atoms with van der Waals surface area (Å²) in [5.74, 6) is 1.83. The Morgan fingerprint density at radius 1 is 0.464 bits per heavy atom. The zero-order valence-corrected chi connectivity index (χ0v) is 37.3. The fourth-order valence-corrected chi connectivity index (χ4v) is 7.74. The van der Waals surface area contributed by atoms with Crippen molar-refractivity contribution in [3.8, 4) is 44.5 Å². The van der Waals surface area contributed by atoms with E-state index in [1.54, 1.807) is 0 Å². The third-order valence-corrected chi connectivity index (χ3v) is 10.7. The molecular weight excluding hydrogens is 815 g/mol. The summed E-state index contributed by atoms with van der Waals surface area (Å²) in [5.41, 5.74) is 13.6. The molecule has 4 heteroatoms. The minimum atomic E-state index is -0.826. The van der Waals surface area contributed by atoms with Crippen LogP contribution in [0.5, 0.6) is 0 Å². The first-order chi connectivity index (χ1) is 27.6. The van der Waals surface area contributed by atoms with Gasteiger partial charge in [0.2, 0.25) is 0 Å². The first-order valence-corrected chi connectivity index (χ1v) is 28.1. The van der Waals surface area contributed by atoms with E-state index in [1.165, 1.54) is 116 Å². The maximum atomic E-state index is 4.93. The number of rotatable bonds is 8. The summed E-state index contributed by atoms with van der Waals surface area (Å²) in [6, 6.07) is 62.0. The fourth-order valence-electron chi connectivity index (χ4n) is 7.74. The molecule has 10 rings (SSSR count). The van der Waals surface area contributed by atoms with Crippen molar-refractivity contribution in [3.63, 3.8) is 0 Å². The van der Waals surface area contributed by atoms with Crippen LogP contribution in [0.2, 0.25) is 13.1 Å². The molecular formula is C52H48Cl2SiZr. The third-order valence-electron chi connectivity index (χ3n) is 10.7. The zero-order valence-electron chi connectivity index (χ0n) is 32.3. The molecule has 0 aliphatic heterocycles. The molecule has 0 amide bonds. The van der Waals surface area contributed by atoms with Crippen LogP contribution in [-0.4, -0.2) is 9.52 Å². The van der Waals surface area contributed by atoms with Gasteiger partial charge in [0.05, 0.1) is 0 Å². The quantitative estimate of drug-likeness (QED) is 0.105. The fraction of sp³-hybridized carbons (Fsp3) is 0.192. The second-order valence-electron chi connectivity index (χ2n) is 15.0. The second-order valence-corrected chi connectivity index (χ2v) is 19.8. The Labute approximate surface area is 355 Å². The van der Waals surface area contributed by atoms with Gasteiger partial charge in [-0.2, -0.15) is 12.1 Å². The zero-order chi connectivity index (χ0) is 38.7. The average Bonchev–Trinajstić information content (AvgIpc) is 4.16. The predicted octanol–water partition coefficient (Wildman–Crippen LogP) is 15.9. The van der Waals surface area contributed by atoms with Crippen molar-refractivity contribution in [2.45, 2.75) is 51.6 Å². The summed E-state index contributed by atoms with van der Waals surface area (Å²) in [6.07, 6.45) is 8.07. The van der Waals surface area contributed by atoms with Crippen LogP contribution in [-0.2, 0) is 33.7 Å². The van der Waals surface area contributed by atoms with E-state index >= 15 is 0 Å². The third kappa shape index (κ3) is 10.4. The molecule has 0 nitrogen and oxygen atoms in total. The SMILES string of the molecule is C[Si]C.[Cl][Zr+2][Cl].c1ccc(-c2ccc(-c3ccccc3)c3[cH-]c(CC4CC4)cc23)cc1.c1ccc(-c2ccc(-c3ccccc3)c3[cH-]c(CC4CC4)cc23)cc1. The van der Waals surface area contributed by atoms with Gasteiger partial charge in [0.1, 0.15) is 0 Å². The van der Waals surface area contributed by atoms with Crippen LogP contribution in [0.4, 0.5) is 0 Å². The number of benzene rings is 6. The van der Waals surface area contributed by atoms with Crippen molar-refractivity contribution >= 4 is 48.1 Å². The molecule has 56 heavy (non-hydrogen) atoms. The Hall–Kier alpha value is -3.78. The summed E-state index contributed by atoms with van der Waals surface area (Å²) in [5, 5.41) is 5.57. The van der Waals surface area contributed by atoms with Crippen LogP contribution in [0.1, 0.15) is 36.8 Å². The topological polar surface area (TPSA) is 0 Å². The molecule has 2 fully saturated rings. The molecule has 8 aromatic carbocycles. The van der Waals surface area contributed by atoms with Crippen molar-refractivity contribution in [2.24, 2.45) is 11.8 Å². The Balaban J connectivity index is 0.000000151. The minimum Gasteiger partial charge on any atom is -0.164 e. The van der Waals surface area contributed by atoms with Gasteiger partial charge in [-0.05, 0) is 61.5 Å². The van der Waals surface area contributed by atoms with Crippen molar-refractivity contribution in [3.05, 3.63) is 181 Å². The molecule has 2 radical (unpaired) electrons.